The molecular formula is C30H29FN6O2. The van der Waals surface area contributed by atoms with Crippen LogP contribution in [0.1, 0.15) is 38.4 Å². The Morgan fingerprint density at radius 2 is 1.85 bits per heavy atom. The van der Waals surface area contributed by atoms with Gasteiger partial charge in [-0.15, -0.1) is 0 Å². The summed E-state index contributed by atoms with van der Waals surface area (Å²) in [6, 6.07) is 17.4. The molecule has 2 N–H and O–H groups in total. The third-order valence-electron chi connectivity index (χ3n) is 6.76. The Kier molecular flexibility index (Phi) is 6.98. The first kappa shape index (κ1) is 25.8. The third-order valence-corrected chi connectivity index (χ3v) is 6.76. The average molecular weight is 525 g/mol. The van der Waals surface area contributed by atoms with Crippen molar-refractivity contribution in [3.8, 4) is 0 Å². The molecule has 39 heavy (non-hydrogen) atoms. The van der Waals surface area contributed by atoms with Gasteiger partial charge in [0.2, 0.25) is 0 Å². The lowest BCUT2D eigenvalue weighted by atomic mass is 10.1. The maximum absolute atomic E-state index is 13.5. The molecule has 2 aromatic carbocycles. The van der Waals surface area contributed by atoms with Crippen molar-refractivity contribution < 1.29 is 14.0 Å². The largest absolute Gasteiger partial charge is 0.339 e. The lowest BCUT2D eigenvalue weighted by Crippen LogP contribution is -2.45. The predicted octanol–water partition coefficient (Wildman–Crippen LogP) is 6.44. The highest BCUT2D eigenvalue weighted by atomic mass is 19.1. The second-order valence-electron chi connectivity index (χ2n) is 9.63. The van der Waals surface area contributed by atoms with E-state index in [2.05, 4.69) is 20.6 Å². The van der Waals surface area contributed by atoms with Gasteiger partial charge in [-0.05, 0) is 68.3 Å². The van der Waals surface area contributed by atoms with Crippen molar-refractivity contribution in [1.82, 2.24) is 9.97 Å². The van der Waals surface area contributed by atoms with Crippen LogP contribution in [0.25, 0.3) is 0 Å². The van der Waals surface area contributed by atoms with Crippen LogP contribution < -0.4 is 20.4 Å². The fraction of sp³-hybridized carbons (Fsp3) is 0.200. The highest BCUT2D eigenvalue weighted by Gasteiger charge is 2.30. The van der Waals surface area contributed by atoms with Crippen molar-refractivity contribution in [2.75, 3.05) is 27.5 Å². The molecule has 9 heteroatoms. The van der Waals surface area contributed by atoms with Gasteiger partial charge in [0.25, 0.3) is 5.91 Å². The van der Waals surface area contributed by atoms with Crippen LogP contribution in [0.3, 0.4) is 0 Å². The summed E-state index contributed by atoms with van der Waals surface area (Å²) in [5.74, 6) is 0.268. The number of carbonyl (C=O) groups excluding carboxylic acids is 2. The van der Waals surface area contributed by atoms with Crippen LogP contribution in [0.15, 0.2) is 66.9 Å². The topological polar surface area (TPSA) is 90.5 Å². The molecule has 2 aromatic heterocycles. The highest BCUT2D eigenvalue weighted by Crippen LogP contribution is 2.35. The first-order valence-corrected chi connectivity index (χ1v) is 12.6. The molecule has 0 spiro atoms. The van der Waals surface area contributed by atoms with Gasteiger partial charge in [-0.2, -0.15) is 0 Å². The van der Waals surface area contributed by atoms with Crippen molar-refractivity contribution in [2.45, 2.75) is 34.0 Å². The van der Waals surface area contributed by atoms with Gasteiger partial charge >= 0.3 is 6.03 Å². The van der Waals surface area contributed by atoms with Crippen molar-refractivity contribution in [1.29, 1.82) is 0 Å². The van der Waals surface area contributed by atoms with Crippen LogP contribution in [0, 0.1) is 20.8 Å². The molecular weight excluding hydrogens is 495 g/mol. The number of nitrogens with zero attached hydrogens (tertiary/aromatic N) is 4. The standard InChI is InChI=1S/C30H29FN6O2/c1-18-8-10-24(34-29(38)22-7-5-6-21(12-22)15-31)13-26(18)37-17-23-16-32-28(14-27(23)36(4)30(37)39)35-25-11-9-19(2)33-20(25)3/h5-14,16H,15,17H2,1-4H3,(H,32,35)(H,34,38). The van der Waals surface area contributed by atoms with Gasteiger partial charge in [0.15, 0.2) is 0 Å². The summed E-state index contributed by atoms with van der Waals surface area (Å²) in [6.07, 6.45) is 1.77. The van der Waals surface area contributed by atoms with Gasteiger partial charge in [-0.25, -0.2) is 14.2 Å². The van der Waals surface area contributed by atoms with Crippen LogP contribution >= 0.6 is 0 Å². The molecule has 3 amide bonds. The second-order valence-corrected chi connectivity index (χ2v) is 9.63. The Bertz CT molecular complexity index is 1590. The maximum atomic E-state index is 13.5. The van der Waals surface area contributed by atoms with Gasteiger partial charge in [0.1, 0.15) is 12.5 Å². The lowest BCUT2D eigenvalue weighted by Gasteiger charge is -2.36. The average Bonchev–Trinajstić information content (AvgIpc) is 2.93. The molecule has 4 aromatic rings. The predicted molar refractivity (Wildman–Crippen MR) is 152 cm³/mol. The van der Waals surface area contributed by atoms with Crippen molar-refractivity contribution in [3.63, 3.8) is 0 Å². The van der Waals surface area contributed by atoms with Gasteiger partial charge in [0, 0.05) is 41.8 Å². The van der Waals surface area contributed by atoms with Crippen molar-refractivity contribution >= 4 is 40.5 Å². The number of urea groups is 1. The SMILES string of the molecule is Cc1ccc(Nc2cc3c(cn2)CN(c2cc(NC(=O)c4cccc(CF)c4)ccc2C)C(=O)N3C)c(C)n1. The van der Waals surface area contributed by atoms with Crippen LogP contribution in [0.2, 0.25) is 0 Å². The smallest absolute Gasteiger partial charge is 0.329 e. The molecule has 0 aliphatic carbocycles. The monoisotopic (exact) mass is 524 g/mol. The number of alkyl halides is 1. The number of anilines is 5. The summed E-state index contributed by atoms with van der Waals surface area (Å²) < 4.78 is 13.0. The fourth-order valence-corrected chi connectivity index (χ4v) is 4.62. The van der Waals surface area contributed by atoms with E-state index in [-0.39, 0.29) is 11.9 Å². The number of fused-ring (bicyclic) bond motifs is 1. The van der Waals surface area contributed by atoms with E-state index >= 15 is 0 Å². The molecule has 0 radical (unpaired) electrons. The molecule has 3 heterocycles. The van der Waals surface area contributed by atoms with Gasteiger partial charge < -0.3 is 10.6 Å². The van der Waals surface area contributed by atoms with Crippen molar-refractivity contribution in [3.05, 3.63) is 101 Å². The molecule has 0 fully saturated rings. The summed E-state index contributed by atoms with van der Waals surface area (Å²) in [4.78, 5) is 38.6. The van der Waals surface area contributed by atoms with E-state index in [0.29, 0.717) is 34.9 Å². The number of hydrogen-bond acceptors (Lipinski definition) is 5. The number of rotatable bonds is 6. The molecule has 0 atom stereocenters. The van der Waals surface area contributed by atoms with Crippen LogP contribution in [0.4, 0.5) is 37.8 Å². The zero-order valence-corrected chi connectivity index (χ0v) is 22.2. The minimum absolute atomic E-state index is 0.199. The van der Waals surface area contributed by atoms with E-state index in [0.717, 1.165) is 33.9 Å². The van der Waals surface area contributed by atoms with Crippen LogP contribution in [-0.4, -0.2) is 29.0 Å². The zero-order chi connectivity index (χ0) is 27.7. The van der Waals surface area contributed by atoms with Crippen LogP contribution in [0.5, 0.6) is 0 Å². The molecule has 0 saturated heterocycles. The van der Waals surface area contributed by atoms with E-state index in [1.807, 2.05) is 45.0 Å². The molecule has 0 saturated carbocycles. The normalized spacial score (nSPS) is 12.8. The Morgan fingerprint density at radius 1 is 1.03 bits per heavy atom. The molecule has 5 rings (SSSR count). The number of carbonyl (C=O) groups is 2. The summed E-state index contributed by atoms with van der Waals surface area (Å²) in [6.45, 7) is 5.47. The van der Waals surface area contributed by atoms with E-state index in [1.165, 1.54) is 6.07 Å². The van der Waals surface area contributed by atoms with Gasteiger partial charge in [-0.1, -0.05) is 18.2 Å². The molecule has 1 aliphatic heterocycles. The molecule has 0 unspecified atom stereocenters. The summed E-state index contributed by atoms with van der Waals surface area (Å²) >= 11 is 0. The Morgan fingerprint density at radius 3 is 2.62 bits per heavy atom. The van der Waals surface area contributed by atoms with Crippen LogP contribution in [-0.2, 0) is 13.2 Å². The fourth-order valence-electron chi connectivity index (χ4n) is 4.62. The minimum atomic E-state index is -0.642. The Balaban J connectivity index is 1.39. The Labute approximate surface area is 226 Å². The van der Waals surface area contributed by atoms with Gasteiger partial charge in [0.05, 0.1) is 29.3 Å². The first-order chi connectivity index (χ1) is 18.7. The minimum Gasteiger partial charge on any atom is -0.339 e. The number of pyridine rings is 2. The number of halogens is 1. The Hall–Kier alpha value is -4.79. The summed E-state index contributed by atoms with van der Waals surface area (Å²) in [7, 11) is 1.73. The van der Waals surface area contributed by atoms with E-state index in [4.69, 9.17) is 0 Å². The van der Waals surface area contributed by atoms with Gasteiger partial charge in [-0.3, -0.25) is 19.6 Å². The summed E-state index contributed by atoms with van der Waals surface area (Å²) in [5, 5.41) is 6.16. The molecule has 198 valence electrons. The van der Waals surface area contributed by atoms with E-state index < -0.39 is 6.67 Å². The van der Waals surface area contributed by atoms with E-state index in [1.54, 1.807) is 53.4 Å². The summed E-state index contributed by atoms with van der Waals surface area (Å²) in [5.41, 5.74) is 7.20. The van der Waals surface area contributed by atoms with Crippen molar-refractivity contribution in [2.24, 2.45) is 0 Å². The molecule has 8 nitrogen and oxygen atoms in total. The number of nitrogens with one attached hydrogen (secondary N) is 2. The second kappa shape index (κ2) is 10.5. The number of benzene rings is 2. The molecule has 0 bridgehead atoms. The number of aromatic nitrogens is 2. The number of amides is 3. The number of aryl methyl sites for hydroxylation is 3. The lowest BCUT2D eigenvalue weighted by molar-refractivity contribution is 0.102. The third kappa shape index (κ3) is 5.29. The van der Waals surface area contributed by atoms with E-state index in [9.17, 15) is 14.0 Å². The zero-order valence-electron chi connectivity index (χ0n) is 22.2. The number of hydrogen-bond donors (Lipinski definition) is 2. The highest BCUT2D eigenvalue weighted by molar-refractivity contribution is 6.08. The quantitative estimate of drug-likeness (QED) is 0.303. The maximum Gasteiger partial charge on any atom is 0.329 e. The first-order valence-electron chi connectivity index (χ1n) is 12.6. The molecule has 1 aliphatic rings.